The van der Waals surface area contributed by atoms with Crippen LogP contribution in [0.25, 0.3) is 21.1 Å². The zero-order valence-corrected chi connectivity index (χ0v) is 17.1. The highest BCUT2D eigenvalue weighted by Gasteiger charge is 2.26. The molecule has 2 heterocycles. The van der Waals surface area contributed by atoms with E-state index in [1.54, 1.807) is 11.3 Å². The number of thiophene rings is 1. The van der Waals surface area contributed by atoms with Gasteiger partial charge in [0, 0.05) is 42.3 Å². The Morgan fingerprint density at radius 2 is 1.96 bits per heavy atom. The molecule has 0 N–H and O–H groups in total. The number of hydrogen-bond donors (Lipinski definition) is 0. The molecule has 0 fully saturated rings. The van der Waals surface area contributed by atoms with Gasteiger partial charge in [0.1, 0.15) is 4.83 Å². The Kier molecular flexibility index (Phi) is 4.91. The van der Waals surface area contributed by atoms with Gasteiger partial charge in [-0.25, -0.2) is 0 Å². The van der Waals surface area contributed by atoms with E-state index in [9.17, 15) is 9.59 Å². The second-order valence-corrected chi connectivity index (χ2v) is 8.22. The maximum absolute atomic E-state index is 12.3. The lowest BCUT2D eigenvalue weighted by atomic mass is 10.0. The SMILES string of the molecule is CCC(=O)c1cc2c3c4c(ccc3n(CCN(CC)CC)c2s1)C(=O)CC4. The van der Waals surface area contributed by atoms with Gasteiger partial charge in [-0.15, -0.1) is 11.3 Å². The van der Waals surface area contributed by atoms with Crippen LogP contribution in [-0.2, 0) is 13.0 Å². The van der Waals surface area contributed by atoms with Crippen molar-refractivity contribution in [2.24, 2.45) is 0 Å². The molecule has 0 spiro atoms. The van der Waals surface area contributed by atoms with E-state index in [-0.39, 0.29) is 11.6 Å². The van der Waals surface area contributed by atoms with Crippen molar-refractivity contribution in [3.8, 4) is 0 Å². The summed E-state index contributed by atoms with van der Waals surface area (Å²) in [7, 11) is 0. The first-order chi connectivity index (χ1) is 13.1. The molecule has 0 aliphatic heterocycles. The number of aromatic nitrogens is 1. The molecule has 2 aromatic heterocycles. The number of Topliss-reactive ketones (excluding diaryl/α,β-unsaturated/α-hetero) is 2. The summed E-state index contributed by atoms with van der Waals surface area (Å²) in [5, 5.41) is 2.34. The molecule has 0 amide bonds. The minimum absolute atomic E-state index is 0.197. The summed E-state index contributed by atoms with van der Waals surface area (Å²) in [5.74, 6) is 0.444. The average Bonchev–Trinajstić information content (AvgIpc) is 3.35. The summed E-state index contributed by atoms with van der Waals surface area (Å²) >= 11 is 1.61. The lowest BCUT2D eigenvalue weighted by Gasteiger charge is -2.19. The van der Waals surface area contributed by atoms with E-state index in [0.717, 1.165) is 48.4 Å². The third-order valence-corrected chi connectivity index (χ3v) is 7.04. The fraction of sp³-hybridized carbons (Fsp3) is 0.455. The largest absolute Gasteiger partial charge is 0.331 e. The van der Waals surface area contributed by atoms with Crippen molar-refractivity contribution in [3.05, 3.63) is 34.2 Å². The lowest BCUT2D eigenvalue weighted by molar-refractivity contribution is 0.0985. The van der Waals surface area contributed by atoms with Gasteiger partial charge in [-0.05, 0) is 43.3 Å². The van der Waals surface area contributed by atoms with Crippen molar-refractivity contribution in [2.45, 2.75) is 46.6 Å². The summed E-state index contributed by atoms with van der Waals surface area (Å²) in [5.41, 5.74) is 3.25. The van der Waals surface area contributed by atoms with Crippen LogP contribution in [-0.4, -0.2) is 40.7 Å². The van der Waals surface area contributed by atoms with Gasteiger partial charge in [0.2, 0.25) is 0 Å². The highest BCUT2D eigenvalue weighted by molar-refractivity contribution is 7.20. The minimum atomic E-state index is 0.197. The third kappa shape index (κ3) is 2.93. The highest BCUT2D eigenvalue weighted by atomic mass is 32.1. The predicted molar refractivity (Wildman–Crippen MR) is 112 cm³/mol. The van der Waals surface area contributed by atoms with E-state index < -0.39 is 0 Å². The van der Waals surface area contributed by atoms with E-state index in [2.05, 4.69) is 35.4 Å². The molecule has 3 aromatic rings. The number of fused-ring (bicyclic) bond motifs is 5. The molecule has 27 heavy (non-hydrogen) atoms. The molecule has 1 aliphatic carbocycles. The molecule has 142 valence electrons. The van der Waals surface area contributed by atoms with Gasteiger partial charge >= 0.3 is 0 Å². The van der Waals surface area contributed by atoms with E-state index in [0.29, 0.717) is 12.8 Å². The summed E-state index contributed by atoms with van der Waals surface area (Å²) < 4.78 is 2.36. The Morgan fingerprint density at radius 1 is 1.19 bits per heavy atom. The zero-order valence-electron chi connectivity index (χ0n) is 16.3. The molecule has 0 unspecified atom stereocenters. The second-order valence-electron chi connectivity index (χ2n) is 7.19. The second kappa shape index (κ2) is 7.21. The van der Waals surface area contributed by atoms with Crippen LogP contribution in [0.15, 0.2) is 18.2 Å². The molecular formula is C22H26N2O2S. The first-order valence-electron chi connectivity index (χ1n) is 9.95. The van der Waals surface area contributed by atoms with Gasteiger partial charge in [0.25, 0.3) is 0 Å². The first-order valence-corrected chi connectivity index (χ1v) is 10.8. The third-order valence-electron chi connectivity index (χ3n) is 5.84. The highest BCUT2D eigenvalue weighted by Crippen LogP contribution is 2.40. The molecule has 1 aromatic carbocycles. The molecule has 5 heteroatoms. The van der Waals surface area contributed by atoms with E-state index in [4.69, 9.17) is 0 Å². The Morgan fingerprint density at radius 3 is 2.67 bits per heavy atom. The molecule has 1 aliphatic rings. The van der Waals surface area contributed by atoms with E-state index in [1.807, 2.05) is 13.0 Å². The van der Waals surface area contributed by atoms with Gasteiger partial charge < -0.3 is 9.47 Å². The maximum atomic E-state index is 12.3. The Bertz CT molecular complexity index is 1040. The number of aryl methyl sites for hydroxylation is 1. The normalized spacial score (nSPS) is 14.0. The van der Waals surface area contributed by atoms with Gasteiger partial charge in [-0.1, -0.05) is 20.8 Å². The van der Waals surface area contributed by atoms with Crippen LogP contribution in [0.1, 0.15) is 59.2 Å². The monoisotopic (exact) mass is 382 g/mol. The standard InChI is InChI=1S/C22H26N2O2S/c1-4-18(25)20-13-16-21-15-8-10-19(26)14(15)7-9-17(21)24(22(16)27-20)12-11-23(5-2)6-3/h7,9,13H,4-6,8,10-12H2,1-3H3. The summed E-state index contributed by atoms with van der Waals surface area (Å²) in [6, 6.07) is 6.17. The van der Waals surface area contributed by atoms with Gasteiger partial charge in [-0.2, -0.15) is 0 Å². The first kappa shape index (κ1) is 18.4. The number of ketones is 2. The molecular weight excluding hydrogens is 356 g/mol. The summed E-state index contributed by atoms with van der Waals surface area (Å²) in [6.45, 7) is 10.2. The molecule has 0 radical (unpaired) electrons. The predicted octanol–water partition coefficient (Wildman–Crippen LogP) is 4.92. The van der Waals surface area contributed by atoms with E-state index >= 15 is 0 Å². The fourth-order valence-corrected chi connectivity index (χ4v) is 5.45. The molecule has 0 saturated carbocycles. The number of nitrogens with zero attached hydrogens (tertiary/aromatic N) is 2. The number of hydrogen-bond acceptors (Lipinski definition) is 4. The fourth-order valence-electron chi connectivity index (χ4n) is 4.24. The quantitative estimate of drug-likeness (QED) is 0.545. The average molecular weight is 383 g/mol. The van der Waals surface area contributed by atoms with Crippen molar-refractivity contribution in [1.29, 1.82) is 0 Å². The zero-order chi connectivity index (χ0) is 19.1. The number of rotatable bonds is 7. The Balaban J connectivity index is 1.92. The van der Waals surface area contributed by atoms with Crippen LogP contribution in [0.3, 0.4) is 0 Å². The molecule has 0 bridgehead atoms. The van der Waals surface area contributed by atoms with Crippen LogP contribution < -0.4 is 0 Å². The van der Waals surface area contributed by atoms with E-state index in [1.165, 1.54) is 21.3 Å². The number of benzene rings is 1. The van der Waals surface area contributed by atoms with Crippen LogP contribution in [0.5, 0.6) is 0 Å². The van der Waals surface area contributed by atoms with Crippen LogP contribution in [0.2, 0.25) is 0 Å². The number of carbonyl (C=O) groups is 2. The van der Waals surface area contributed by atoms with Gasteiger partial charge in [0.15, 0.2) is 11.6 Å². The van der Waals surface area contributed by atoms with Crippen LogP contribution >= 0.6 is 11.3 Å². The Labute approximate surface area is 163 Å². The van der Waals surface area contributed by atoms with Crippen LogP contribution in [0.4, 0.5) is 0 Å². The lowest BCUT2D eigenvalue weighted by Crippen LogP contribution is -2.26. The topological polar surface area (TPSA) is 42.3 Å². The van der Waals surface area contributed by atoms with Gasteiger partial charge in [0.05, 0.1) is 10.4 Å². The van der Waals surface area contributed by atoms with Crippen molar-refractivity contribution >= 4 is 44.0 Å². The maximum Gasteiger partial charge on any atom is 0.172 e. The Hall–Kier alpha value is -1.98. The van der Waals surface area contributed by atoms with Crippen molar-refractivity contribution < 1.29 is 9.59 Å². The van der Waals surface area contributed by atoms with Crippen molar-refractivity contribution in [3.63, 3.8) is 0 Å². The van der Waals surface area contributed by atoms with Crippen molar-refractivity contribution in [2.75, 3.05) is 19.6 Å². The summed E-state index contributed by atoms with van der Waals surface area (Å²) in [4.78, 5) is 29.0. The minimum Gasteiger partial charge on any atom is -0.331 e. The van der Waals surface area contributed by atoms with Crippen molar-refractivity contribution in [1.82, 2.24) is 9.47 Å². The molecule has 4 nitrogen and oxygen atoms in total. The number of carbonyl (C=O) groups excluding carboxylic acids is 2. The molecule has 0 atom stereocenters. The van der Waals surface area contributed by atoms with Crippen LogP contribution in [0, 0.1) is 0 Å². The van der Waals surface area contributed by atoms with Gasteiger partial charge in [-0.3, -0.25) is 9.59 Å². The smallest absolute Gasteiger partial charge is 0.172 e. The number of likely N-dealkylation sites (N-methyl/N-ethyl adjacent to an activating group) is 1. The summed E-state index contributed by atoms with van der Waals surface area (Å²) in [6.07, 6.45) is 1.94. The molecule has 0 saturated heterocycles. The molecule has 4 rings (SSSR count).